The summed E-state index contributed by atoms with van der Waals surface area (Å²) in [7, 11) is 0. The summed E-state index contributed by atoms with van der Waals surface area (Å²) < 4.78 is 36.0. The Hall–Kier alpha value is -0.360. The lowest BCUT2D eigenvalue weighted by atomic mass is 9.77. The molecule has 3 aliphatic heterocycles. The Morgan fingerprint density at radius 3 is 0.945 bits per heavy atom. The van der Waals surface area contributed by atoms with Crippen LogP contribution in [0.3, 0.4) is 0 Å². The molecule has 0 aromatic carbocycles. The summed E-state index contributed by atoms with van der Waals surface area (Å²) in [6.45, 7) is 60.2. The highest BCUT2D eigenvalue weighted by Gasteiger charge is 2.40. The second-order valence-electron chi connectivity index (χ2n) is 30.8. The standard InChI is InChI=1S/2C22H43NO2.C20H39NO2/c2*1-16-17(2)23(11-9-19(16)10-12-24-21(3,4)5)15-18-13-20(14-18)25-22(6,7)8;1-19(2,3)22-12-9-16-7-10-21(11-8-16)15-17-13-18(14-17)23-20(4,5)6/h2*16-20H,9-15H2,1-8H3;16-18H,7-15H2,1-6H3/t16-,17+,18?,19?,20?;;/m0../s1. The van der Waals surface area contributed by atoms with Gasteiger partial charge in [-0.25, -0.2) is 0 Å². The third-order valence-corrected chi connectivity index (χ3v) is 17.2. The number of ether oxygens (including phenoxy) is 6. The van der Waals surface area contributed by atoms with Gasteiger partial charge in [0.2, 0.25) is 0 Å². The van der Waals surface area contributed by atoms with E-state index in [1.54, 1.807) is 0 Å². The van der Waals surface area contributed by atoms with Crippen molar-refractivity contribution in [1.82, 2.24) is 14.7 Å². The van der Waals surface area contributed by atoms with Gasteiger partial charge in [0, 0.05) is 51.5 Å². The van der Waals surface area contributed by atoms with Gasteiger partial charge in [-0.05, 0) is 295 Å². The maximum absolute atomic E-state index is 6.10. The Morgan fingerprint density at radius 2 is 0.644 bits per heavy atom. The van der Waals surface area contributed by atoms with Gasteiger partial charge in [0.1, 0.15) is 0 Å². The van der Waals surface area contributed by atoms with E-state index in [4.69, 9.17) is 28.4 Å². The van der Waals surface area contributed by atoms with Crippen LogP contribution >= 0.6 is 0 Å². The van der Waals surface area contributed by atoms with Crippen molar-refractivity contribution in [2.45, 2.75) is 300 Å². The largest absolute Gasteiger partial charge is 0.376 e. The quantitative estimate of drug-likeness (QED) is 0.134. The van der Waals surface area contributed by atoms with E-state index in [0.717, 1.165) is 67.2 Å². The minimum absolute atomic E-state index is 0.00487. The topological polar surface area (TPSA) is 65.1 Å². The lowest BCUT2D eigenvalue weighted by Crippen LogP contribution is -2.51. The maximum atomic E-state index is 6.10. The average Bonchev–Trinajstić information content (AvgIpc) is 3.18. The molecule has 6 fully saturated rings. The molecule has 73 heavy (non-hydrogen) atoms. The van der Waals surface area contributed by atoms with E-state index in [2.05, 4.69) is 167 Å². The molecule has 3 heterocycles. The van der Waals surface area contributed by atoms with Gasteiger partial charge in [0.05, 0.1) is 51.9 Å². The van der Waals surface area contributed by atoms with E-state index < -0.39 is 0 Å². The molecule has 0 amide bonds. The fraction of sp³-hybridized carbons (Fsp3) is 1.00. The van der Waals surface area contributed by atoms with Crippen molar-refractivity contribution in [3.8, 4) is 0 Å². The SMILES string of the molecule is CC(C)(C)OCCC1CCN(CC2CC(OC(C)(C)C)C2)CC1.CC1C(CCOC(C)(C)C)CCN(CC2CC(OC(C)(C)C)C2)C1C.C[C@@H]1C(CCOC(C)(C)C)CCN(CC2CC(OC(C)(C)C)C2)[C@@H]1C. The molecule has 0 N–H and O–H groups in total. The molecule has 0 radical (unpaired) electrons. The van der Waals surface area contributed by atoms with Crippen LogP contribution < -0.4 is 0 Å². The average molecular weight is 1030 g/mol. The Morgan fingerprint density at radius 1 is 0.342 bits per heavy atom. The van der Waals surface area contributed by atoms with Gasteiger partial charge in [0.25, 0.3) is 0 Å². The molecule has 6 rings (SSSR count). The van der Waals surface area contributed by atoms with E-state index >= 15 is 0 Å². The molecule has 0 bridgehead atoms. The molecule has 0 aromatic rings. The minimum Gasteiger partial charge on any atom is -0.376 e. The Bertz CT molecular complexity index is 1430. The van der Waals surface area contributed by atoms with Crippen LogP contribution in [0.5, 0.6) is 0 Å². The van der Waals surface area contributed by atoms with E-state index in [1.807, 2.05) is 0 Å². The van der Waals surface area contributed by atoms with Crippen LogP contribution in [0.2, 0.25) is 0 Å². The number of likely N-dealkylation sites (tertiary alicyclic amines) is 3. The zero-order chi connectivity index (χ0) is 54.7. The normalized spacial score (nSPS) is 32.6. The molecule has 9 heteroatoms. The van der Waals surface area contributed by atoms with E-state index in [0.29, 0.717) is 30.4 Å². The summed E-state index contributed by atoms with van der Waals surface area (Å²) in [5.41, 5.74) is 0.0203. The molecule has 9 nitrogen and oxygen atoms in total. The van der Waals surface area contributed by atoms with Crippen LogP contribution in [0.25, 0.3) is 0 Å². The second-order valence-corrected chi connectivity index (χ2v) is 30.8. The highest BCUT2D eigenvalue weighted by atomic mass is 16.5. The highest BCUT2D eigenvalue weighted by Crippen LogP contribution is 2.40. The van der Waals surface area contributed by atoms with Gasteiger partial charge >= 0.3 is 0 Å². The summed E-state index contributed by atoms with van der Waals surface area (Å²) in [5.74, 6) is 6.55. The number of hydrogen-bond acceptors (Lipinski definition) is 9. The summed E-state index contributed by atoms with van der Waals surface area (Å²) in [6.07, 6.45) is 18.0. The number of nitrogens with zero attached hydrogens (tertiary/aromatic N) is 3. The van der Waals surface area contributed by atoms with Crippen LogP contribution in [-0.2, 0) is 28.4 Å². The van der Waals surface area contributed by atoms with E-state index in [9.17, 15) is 0 Å². The van der Waals surface area contributed by atoms with Crippen molar-refractivity contribution < 1.29 is 28.4 Å². The smallest absolute Gasteiger partial charge is 0.0602 e. The lowest BCUT2D eigenvalue weighted by Gasteiger charge is -2.47. The molecular formula is C64H125N3O6. The van der Waals surface area contributed by atoms with Gasteiger partial charge in [-0.3, -0.25) is 0 Å². The molecule has 6 atom stereocenters. The van der Waals surface area contributed by atoms with Gasteiger partial charge in [-0.1, -0.05) is 13.8 Å². The predicted octanol–water partition coefficient (Wildman–Crippen LogP) is 14.8. The molecule has 432 valence electrons. The van der Waals surface area contributed by atoms with E-state index in [1.165, 1.54) is 129 Å². The molecule has 0 spiro atoms. The minimum atomic E-state index is -0.00849. The van der Waals surface area contributed by atoms with Gasteiger partial charge < -0.3 is 43.1 Å². The van der Waals surface area contributed by atoms with Crippen LogP contribution in [0, 0.1) is 47.3 Å². The summed E-state index contributed by atoms with van der Waals surface area (Å²) in [4.78, 5) is 8.16. The fourth-order valence-corrected chi connectivity index (χ4v) is 12.7. The van der Waals surface area contributed by atoms with Gasteiger partial charge in [-0.2, -0.15) is 0 Å². The molecule has 0 aromatic heterocycles. The fourth-order valence-electron chi connectivity index (χ4n) is 12.7. The molecule has 3 saturated carbocycles. The second kappa shape index (κ2) is 28.2. The molecule has 3 saturated heterocycles. The van der Waals surface area contributed by atoms with Gasteiger partial charge in [0.15, 0.2) is 0 Å². The first-order valence-corrected chi connectivity index (χ1v) is 30.7. The molecule has 3 aliphatic carbocycles. The first-order valence-electron chi connectivity index (χ1n) is 30.7. The number of piperidine rings is 3. The summed E-state index contributed by atoms with van der Waals surface area (Å²) in [6, 6.07) is 1.38. The Kier molecular flexibility index (Phi) is 25.1. The van der Waals surface area contributed by atoms with Crippen LogP contribution in [-0.4, -0.2) is 144 Å². The van der Waals surface area contributed by atoms with Gasteiger partial charge in [-0.15, -0.1) is 0 Å². The zero-order valence-corrected chi connectivity index (χ0v) is 52.6. The van der Waals surface area contributed by atoms with Crippen LogP contribution in [0.1, 0.15) is 236 Å². The predicted molar refractivity (Wildman–Crippen MR) is 309 cm³/mol. The van der Waals surface area contributed by atoms with Crippen molar-refractivity contribution in [3.05, 3.63) is 0 Å². The first-order chi connectivity index (χ1) is 33.5. The van der Waals surface area contributed by atoms with Crippen molar-refractivity contribution in [2.75, 3.05) is 65.6 Å². The third-order valence-electron chi connectivity index (χ3n) is 17.2. The zero-order valence-electron chi connectivity index (χ0n) is 52.6. The number of hydrogen-bond donors (Lipinski definition) is 0. The Labute approximate surface area is 454 Å². The highest BCUT2D eigenvalue weighted by molar-refractivity contribution is 4.92. The van der Waals surface area contributed by atoms with Crippen molar-refractivity contribution >= 4 is 0 Å². The molecular weight excluding hydrogens is 907 g/mol. The van der Waals surface area contributed by atoms with Crippen LogP contribution in [0.4, 0.5) is 0 Å². The third kappa shape index (κ3) is 26.0. The lowest BCUT2D eigenvalue weighted by molar-refractivity contribution is -0.119. The Balaban J connectivity index is 0.000000238. The van der Waals surface area contributed by atoms with Crippen LogP contribution in [0.15, 0.2) is 0 Å². The monoisotopic (exact) mass is 1030 g/mol. The molecule has 6 aliphatic rings. The van der Waals surface area contributed by atoms with Crippen molar-refractivity contribution in [3.63, 3.8) is 0 Å². The summed E-state index contributed by atoms with van der Waals surface area (Å²) in [5, 5.41) is 0. The van der Waals surface area contributed by atoms with E-state index in [-0.39, 0.29) is 33.6 Å². The summed E-state index contributed by atoms with van der Waals surface area (Å²) >= 11 is 0. The van der Waals surface area contributed by atoms with Crippen molar-refractivity contribution in [2.24, 2.45) is 47.3 Å². The maximum Gasteiger partial charge on any atom is 0.0602 e. The van der Waals surface area contributed by atoms with Crippen molar-refractivity contribution in [1.29, 1.82) is 0 Å². The first kappa shape index (κ1) is 65.2. The number of rotatable bonds is 18. The molecule has 4 unspecified atom stereocenters.